The van der Waals surface area contributed by atoms with Crippen LogP contribution >= 0.6 is 0 Å². The van der Waals surface area contributed by atoms with Crippen LogP contribution in [0.5, 0.6) is 0 Å². The molecule has 1 aromatic carbocycles. The van der Waals surface area contributed by atoms with Crippen molar-refractivity contribution < 1.29 is 9.47 Å². The smallest absolute Gasteiger partial charge is 0.100 e. The Hall–Kier alpha value is -1.45. The van der Waals surface area contributed by atoms with Crippen molar-refractivity contribution in [3.63, 3.8) is 0 Å². The Labute approximate surface area is 118 Å². The number of hydrogen-bond donors (Lipinski definition) is 0. The number of fused-ring (bicyclic) bond motifs is 1. The molecule has 2 unspecified atom stereocenters. The second-order valence-corrected chi connectivity index (χ2v) is 5.56. The largest absolute Gasteiger partial charge is 0.374 e. The van der Waals surface area contributed by atoms with E-state index < -0.39 is 0 Å². The van der Waals surface area contributed by atoms with Crippen LogP contribution in [0.15, 0.2) is 24.4 Å². The molecule has 20 heavy (non-hydrogen) atoms. The van der Waals surface area contributed by atoms with Crippen LogP contribution in [-0.4, -0.2) is 18.2 Å². The molecule has 103 valence electrons. The number of aromatic nitrogens is 1. The van der Waals surface area contributed by atoms with Crippen molar-refractivity contribution in [3.05, 3.63) is 41.7 Å². The minimum atomic E-state index is 0.145. The normalized spacial score (nSPS) is 26.4. The second-order valence-electron chi connectivity index (χ2n) is 5.56. The van der Waals surface area contributed by atoms with Gasteiger partial charge in [-0.25, -0.2) is 0 Å². The molecule has 0 saturated carbocycles. The average molecular weight is 268 g/mol. The van der Waals surface area contributed by atoms with E-state index in [1.807, 2.05) is 0 Å². The second kappa shape index (κ2) is 5.15. The number of hydrogen-bond acceptors (Lipinski definition) is 3. The van der Waals surface area contributed by atoms with E-state index in [4.69, 9.17) is 9.47 Å². The molecule has 0 bridgehead atoms. The Balaban J connectivity index is 1.84. The highest BCUT2D eigenvalue weighted by Crippen LogP contribution is 2.37. The fraction of sp³-hybridized carbons (Fsp3) is 0.471. The fourth-order valence-electron chi connectivity index (χ4n) is 3.32. The summed E-state index contributed by atoms with van der Waals surface area (Å²) in [6.45, 7) is 1.71. The topological polar surface area (TPSA) is 31.4 Å². The van der Waals surface area contributed by atoms with Crippen molar-refractivity contribution in [2.75, 3.05) is 13.2 Å². The quantitative estimate of drug-likeness (QED) is 0.831. The molecular formula is C17H18NO2. The Bertz CT molecular complexity index is 558. The molecule has 3 heteroatoms. The van der Waals surface area contributed by atoms with Crippen LogP contribution in [0.2, 0.25) is 0 Å². The molecule has 2 aromatic rings. The molecule has 2 atom stereocenters. The van der Waals surface area contributed by atoms with E-state index in [1.165, 1.54) is 10.9 Å². The van der Waals surface area contributed by atoms with E-state index in [0.717, 1.165) is 50.0 Å². The predicted molar refractivity (Wildman–Crippen MR) is 76.4 cm³/mol. The minimum Gasteiger partial charge on any atom is -0.374 e. The Kier molecular flexibility index (Phi) is 3.17. The molecule has 2 fully saturated rings. The fourth-order valence-corrected chi connectivity index (χ4v) is 3.32. The van der Waals surface area contributed by atoms with Gasteiger partial charge in [-0.1, -0.05) is 18.2 Å². The average Bonchev–Trinajstić information content (AvgIpc) is 3.19. The van der Waals surface area contributed by atoms with Crippen molar-refractivity contribution in [1.29, 1.82) is 0 Å². The molecule has 0 amide bonds. The minimum absolute atomic E-state index is 0.145. The number of ether oxygens (including phenoxy) is 2. The van der Waals surface area contributed by atoms with Crippen LogP contribution in [0.4, 0.5) is 0 Å². The van der Waals surface area contributed by atoms with Gasteiger partial charge >= 0.3 is 0 Å². The lowest BCUT2D eigenvalue weighted by Gasteiger charge is -2.16. The van der Waals surface area contributed by atoms with Crippen LogP contribution in [0.3, 0.4) is 0 Å². The van der Waals surface area contributed by atoms with Crippen molar-refractivity contribution in [2.45, 2.75) is 37.9 Å². The van der Waals surface area contributed by atoms with Gasteiger partial charge in [-0.15, -0.1) is 0 Å². The lowest BCUT2D eigenvalue weighted by molar-refractivity contribution is 0.109. The van der Waals surface area contributed by atoms with Gasteiger partial charge < -0.3 is 9.47 Å². The molecule has 3 heterocycles. The maximum Gasteiger partial charge on any atom is 0.100 e. The predicted octanol–water partition coefficient (Wildman–Crippen LogP) is 3.74. The van der Waals surface area contributed by atoms with E-state index in [1.54, 1.807) is 6.20 Å². The first-order valence-corrected chi connectivity index (χ1v) is 7.46. The highest BCUT2D eigenvalue weighted by molar-refractivity contribution is 5.87. The summed E-state index contributed by atoms with van der Waals surface area (Å²) in [5.41, 5.74) is 2.32. The van der Waals surface area contributed by atoms with E-state index in [2.05, 4.69) is 29.2 Å². The van der Waals surface area contributed by atoms with Gasteiger partial charge in [0.25, 0.3) is 0 Å². The van der Waals surface area contributed by atoms with E-state index in [9.17, 15) is 0 Å². The van der Waals surface area contributed by atoms with Gasteiger partial charge in [-0.05, 0) is 36.6 Å². The van der Waals surface area contributed by atoms with Crippen LogP contribution in [0.25, 0.3) is 10.8 Å². The van der Waals surface area contributed by atoms with E-state index in [0.29, 0.717) is 0 Å². The summed E-state index contributed by atoms with van der Waals surface area (Å²) in [7, 11) is 0. The lowest BCUT2D eigenvalue weighted by atomic mass is 9.97. The van der Waals surface area contributed by atoms with Crippen LogP contribution in [-0.2, 0) is 9.47 Å². The summed E-state index contributed by atoms with van der Waals surface area (Å²) in [5.74, 6) is 0. The lowest BCUT2D eigenvalue weighted by Crippen LogP contribution is -2.03. The zero-order valence-electron chi connectivity index (χ0n) is 11.5. The first-order chi connectivity index (χ1) is 9.93. The summed E-state index contributed by atoms with van der Waals surface area (Å²) in [5, 5.41) is 2.33. The summed E-state index contributed by atoms with van der Waals surface area (Å²) < 4.78 is 11.6. The molecule has 0 aliphatic carbocycles. The van der Waals surface area contributed by atoms with E-state index >= 15 is 0 Å². The zero-order chi connectivity index (χ0) is 13.4. The van der Waals surface area contributed by atoms with Gasteiger partial charge in [-0.3, -0.25) is 4.98 Å². The molecule has 0 spiro atoms. The summed E-state index contributed by atoms with van der Waals surface area (Å²) in [6, 6.07) is 9.71. The summed E-state index contributed by atoms with van der Waals surface area (Å²) in [4.78, 5) is 4.54. The van der Waals surface area contributed by atoms with Gasteiger partial charge in [0.2, 0.25) is 0 Å². The molecule has 2 aliphatic rings. The number of benzene rings is 1. The number of nitrogens with zero attached hydrogens (tertiary/aromatic N) is 1. The van der Waals surface area contributed by atoms with Gasteiger partial charge in [0.15, 0.2) is 0 Å². The monoisotopic (exact) mass is 268 g/mol. The highest BCUT2D eigenvalue weighted by Gasteiger charge is 2.24. The summed E-state index contributed by atoms with van der Waals surface area (Å²) in [6.07, 6.45) is 6.59. The van der Waals surface area contributed by atoms with Gasteiger partial charge in [0.05, 0.1) is 11.8 Å². The third-order valence-electron chi connectivity index (χ3n) is 4.30. The molecule has 2 aliphatic heterocycles. The van der Waals surface area contributed by atoms with Crippen molar-refractivity contribution in [3.8, 4) is 0 Å². The molecular weight excluding hydrogens is 250 g/mol. The van der Waals surface area contributed by atoms with Crippen molar-refractivity contribution in [2.24, 2.45) is 0 Å². The first-order valence-electron chi connectivity index (χ1n) is 7.46. The maximum atomic E-state index is 5.84. The summed E-state index contributed by atoms with van der Waals surface area (Å²) >= 11 is 0. The Morgan fingerprint density at radius 1 is 1.05 bits per heavy atom. The Morgan fingerprint density at radius 2 is 1.85 bits per heavy atom. The molecule has 1 aromatic heterocycles. The van der Waals surface area contributed by atoms with Gasteiger partial charge in [0.1, 0.15) is 6.10 Å². The van der Waals surface area contributed by atoms with Crippen LogP contribution in [0, 0.1) is 6.07 Å². The third kappa shape index (κ3) is 2.02. The van der Waals surface area contributed by atoms with Crippen molar-refractivity contribution >= 4 is 10.8 Å². The van der Waals surface area contributed by atoms with E-state index in [-0.39, 0.29) is 12.2 Å². The maximum absolute atomic E-state index is 5.84. The van der Waals surface area contributed by atoms with Crippen molar-refractivity contribution in [1.82, 2.24) is 4.98 Å². The van der Waals surface area contributed by atoms with Gasteiger partial charge in [0, 0.05) is 30.9 Å². The highest BCUT2D eigenvalue weighted by atomic mass is 16.5. The SMILES string of the molecule is [c]1cnc(C2CCCO2)c2cccc(C3CCCO3)c12. The Morgan fingerprint density at radius 3 is 2.60 bits per heavy atom. The van der Waals surface area contributed by atoms with Crippen LogP contribution < -0.4 is 0 Å². The number of rotatable bonds is 2. The van der Waals surface area contributed by atoms with Crippen LogP contribution in [0.1, 0.15) is 49.1 Å². The zero-order valence-corrected chi connectivity index (χ0v) is 11.5. The standard InChI is InChI=1S/C17H18NO2/c1-4-13(15-6-2-10-19-15)12-8-9-18-17(14(12)5-1)16-7-3-11-20-16/h1,4-5,9,15-16H,2-3,6-7,10-11H2. The van der Waals surface area contributed by atoms with Gasteiger partial charge in [-0.2, -0.15) is 0 Å². The number of pyridine rings is 1. The molecule has 2 saturated heterocycles. The third-order valence-corrected chi connectivity index (χ3v) is 4.30. The molecule has 4 rings (SSSR count). The molecule has 1 radical (unpaired) electrons. The molecule has 0 N–H and O–H groups in total. The molecule has 3 nitrogen and oxygen atoms in total. The first kappa shape index (κ1) is 12.3.